The van der Waals surface area contributed by atoms with Crippen molar-refractivity contribution in [3.05, 3.63) is 47.8 Å². The summed E-state index contributed by atoms with van der Waals surface area (Å²) in [5.41, 5.74) is 0.440. The van der Waals surface area contributed by atoms with Crippen LogP contribution in [0.1, 0.15) is 37.2 Å². The molecule has 0 spiro atoms. The van der Waals surface area contributed by atoms with Crippen molar-refractivity contribution >= 4 is 23.1 Å². The monoisotopic (exact) mass is 296 g/mol. The van der Waals surface area contributed by atoms with Crippen LogP contribution in [0.2, 0.25) is 0 Å². The summed E-state index contributed by atoms with van der Waals surface area (Å²) in [5.74, 6) is 1.81. The Kier molecular flexibility index (Phi) is 3.08. The van der Waals surface area contributed by atoms with E-state index >= 15 is 0 Å². The number of nitrogens with zero attached hydrogens (tertiary/aromatic N) is 2. The van der Waals surface area contributed by atoms with Crippen LogP contribution in [0, 0.1) is 0 Å². The number of benzene rings is 1. The molecule has 2 aromatic heterocycles. The Morgan fingerprint density at radius 1 is 1.23 bits per heavy atom. The van der Waals surface area contributed by atoms with Gasteiger partial charge in [-0.2, -0.15) is 4.98 Å². The Balaban J connectivity index is 1.57. The van der Waals surface area contributed by atoms with Crippen molar-refractivity contribution in [3.8, 4) is 0 Å². The van der Waals surface area contributed by atoms with Crippen molar-refractivity contribution in [1.29, 1.82) is 0 Å². The fraction of sp³-hybridized carbons (Fsp3) is 0.294. The number of para-hydroxylation sites is 1. The summed E-state index contributed by atoms with van der Waals surface area (Å²) in [7, 11) is 0. The van der Waals surface area contributed by atoms with Gasteiger partial charge in [-0.05, 0) is 38.0 Å². The van der Waals surface area contributed by atoms with E-state index in [1.165, 1.54) is 0 Å². The van der Waals surface area contributed by atoms with Gasteiger partial charge >= 0.3 is 0 Å². The van der Waals surface area contributed by atoms with Crippen molar-refractivity contribution in [2.24, 2.45) is 0 Å². The summed E-state index contributed by atoms with van der Waals surface area (Å²) in [6.07, 6.45) is 5.52. The van der Waals surface area contributed by atoms with Gasteiger partial charge in [-0.25, -0.2) is 0 Å². The summed E-state index contributed by atoms with van der Waals surface area (Å²) in [4.78, 5) is 4.40. The Morgan fingerprint density at radius 2 is 2.14 bits per heavy atom. The molecular weight excluding hydrogens is 280 g/mol. The smallest absolute Gasteiger partial charge is 0.250 e. The lowest BCUT2D eigenvalue weighted by atomic mass is 10.0. The first-order valence-corrected chi connectivity index (χ1v) is 7.38. The maximum atomic E-state index is 5.71. The highest BCUT2D eigenvalue weighted by Crippen LogP contribution is 2.33. The molecule has 0 radical (unpaired) electrons. The number of aromatic nitrogens is 2. The van der Waals surface area contributed by atoms with Gasteiger partial charge in [0.25, 0.3) is 5.89 Å². The molecule has 5 nitrogen and oxygen atoms in total. The highest BCUT2D eigenvalue weighted by atomic mass is 16.5. The molecule has 0 N–H and O–H groups in total. The van der Waals surface area contributed by atoms with Crippen LogP contribution < -0.4 is 0 Å². The third-order valence-electron chi connectivity index (χ3n) is 3.97. The topological polar surface area (TPSA) is 61.3 Å². The standard InChI is InChI=1S/C17H16N2O3/c1-17(9-4-10-20-17)16-18-15(22-19-16)8-7-13-11-12-5-2-3-6-14(12)21-13/h2-3,5-8,11H,4,9-10H2,1H3/b8-7+. The maximum Gasteiger partial charge on any atom is 0.250 e. The van der Waals surface area contributed by atoms with Gasteiger partial charge in [0.15, 0.2) is 0 Å². The first kappa shape index (κ1) is 13.3. The van der Waals surface area contributed by atoms with Crippen LogP contribution in [0.15, 0.2) is 39.3 Å². The molecule has 0 amide bonds. The second-order valence-electron chi connectivity index (χ2n) is 5.66. The zero-order valence-corrected chi connectivity index (χ0v) is 12.3. The summed E-state index contributed by atoms with van der Waals surface area (Å²) in [6, 6.07) is 9.86. The first-order chi connectivity index (χ1) is 10.7. The fourth-order valence-electron chi connectivity index (χ4n) is 2.71. The van der Waals surface area contributed by atoms with Crippen molar-refractivity contribution in [2.75, 3.05) is 6.61 Å². The molecule has 1 unspecified atom stereocenters. The third kappa shape index (κ3) is 2.33. The molecule has 1 fully saturated rings. The number of rotatable bonds is 3. The van der Waals surface area contributed by atoms with Gasteiger partial charge in [0.05, 0.1) is 0 Å². The lowest BCUT2D eigenvalue weighted by Crippen LogP contribution is -2.21. The second-order valence-corrected chi connectivity index (χ2v) is 5.66. The van der Waals surface area contributed by atoms with Gasteiger partial charge in [0.1, 0.15) is 16.9 Å². The molecular formula is C17H16N2O3. The molecule has 22 heavy (non-hydrogen) atoms. The SMILES string of the molecule is CC1(c2noc(/C=C/c3cc4ccccc4o3)n2)CCCO1. The van der Waals surface area contributed by atoms with Crippen molar-refractivity contribution in [2.45, 2.75) is 25.4 Å². The summed E-state index contributed by atoms with van der Waals surface area (Å²) in [6.45, 7) is 2.74. The van der Waals surface area contributed by atoms with Crippen LogP contribution in [0.5, 0.6) is 0 Å². The van der Waals surface area contributed by atoms with E-state index in [-0.39, 0.29) is 0 Å². The van der Waals surface area contributed by atoms with Crippen molar-refractivity contribution < 1.29 is 13.7 Å². The summed E-state index contributed by atoms with van der Waals surface area (Å²) < 4.78 is 16.7. The minimum atomic E-state index is -0.422. The Bertz CT molecular complexity index is 792. The van der Waals surface area contributed by atoms with Crippen LogP contribution in [0.25, 0.3) is 23.1 Å². The maximum absolute atomic E-state index is 5.71. The molecule has 1 aromatic carbocycles. The molecule has 3 aromatic rings. The highest BCUT2D eigenvalue weighted by molar-refractivity contribution is 5.81. The number of hydrogen-bond donors (Lipinski definition) is 0. The molecule has 5 heteroatoms. The predicted octanol–water partition coefficient (Wildman–Crippen LogP) is 4.01. The van der Waals surface area contributed by atoms with E-state index < -0.39 is 5.60 Å². The lowest BCUT2D eigenvalue weighted by Gasteiger charge is -2.17. The van der Waals surface area contributed by atoms with Gasteiger partial charge in [-0.3, -0.25) is 0 Å². The molecule has 0 bridgehead atoms. The zero-order valence-electron chi connectivity index (χ0n) is 12.3. The average molecular weight is 296 g/mol. The van der Waals surface area contributed by atoms with Crippen molar-refractivity contribution in [3.63, 3.8) is 0 Å². The normalized spacial score (nSPS) is 22.0. The number of fused-ring (bicyclic) bond motifs is 1. The lowest BCUT2D eigenvalue weighted by molar-refractivity contribution is 0.00768. The van der Waals surface area contributed by atoms with Gasteiger partial charge in [-0.1, -0.05) is 23.4 Å². The van der Waals surface area contributed by atoms with E-state index in [1.807, 2.05) is 43.3 Å². The number of furan rings is 1. The van der Waals surface area contributed by atoms with E-state index in [0.717, 1.165) is 36.2 Å². The number of hydrogen-bond acceptors (Lipinski definition) is 5. The summed E-state index contributed by atoms with van der Waals surface area (Å²) in [5, 5.41) is 5.10. The predicted molar refractivity (Wildman–Crippen MR) is 82.0 cm³/mol. The van der Waals surface area contributed by atoms with E-state index in [4.69, 9.17) is 13.7 Å². The molecule has 0 saturated carbocycles. The largest absolute Gasteiger partial charge is 0.457 e. The minimum absolute atomic E-state index is 0.422. The molecule has 4 rings (SSSR count). The Hall–Kier alpha value is -2.40. The van der Waals surface area contributed by atoms with Crippen molar-refractivity contribution in [1.82, 2.24) is 10.1 Å². The van der Waals surface area contributed by atoms with E-state index in [9.17, 15) is 0 Å². The Labute approximate surface area is 127 Å². The molecule has 1 saturated heterocycles. The third-order valence-corrected chi connectivity index (χ3v) is 3.97. The van der Waals surface area contributed by atoms with Crippen LogP contribution in [0.4, 0.5) is 0 Å². The van der Waals surface area contributed by atoms with Crippen LogP contribution in [0.3, 0.4) is 0 Å². The second kappa shape index (κ2) is 5.10. The number of ether oxygens (including phenoxy) is 1. The Morgan fingerprint density at radius 3 is 2.95 bits per heavy atom. The van der Waals surface area contributed by atoms with Crippen LogP contribution >= 0.6 is 0 Å². The fourth-order valence-corrected chi connectivity index (χ4v) is 2.71. The van der Waals surface area contributed by atoms with Crippen LogP contribution in [-0.2, 0) is 10.3 Å². The van der Waals surface area contributed by atoms with E-state index in [1.54, 1.807) is 6.08 Å². The first-order valence-electron chi connectivity index (χ1n) is 7.38. The molecule has 1 aliphatic rings. The molecule has 3 heterocycles. The van der Waals surface area contributed by atoms with Gasteiger partial charge in [0, 0.05) is 18.1 Å². The van der Waals surface area contributed by atoms with E-state index in [0.29, 0.717) is 11.7 Å². The average Bonchev–Trinajstić information content (AvgIpc) is 3.24. The minimum Gasteiger partial charge on any atom is -0.457 e. The highest BCUT2D eigenvalue weighted by Gasteiger charge is 2.36. The van der Waals surface area contributed by atoms with Gasteiger partial charge in [0.2, 0.25) is 5.82 Å². The van der Waals surface area contributed by atoms with Crippen LogP contribution in [-0.4, -0.2) is 16.7 Å². The summed E-state index contributed by atoms with van der Waals surface area (Å²) >= 11 is 0. The van der Waals surface area contributed by atoms with E-state index in [2.05, 4.69) is 10.1 Å². The quantitative estimate of drug-likeness (QED) is 0.730. The molecule has 0 aliphatic carbocycles. The molecule has 1 atom stereocenters. The molecule has 1 aliphatic heterocycles. The van der Waals surface area contributed by atoms with Gasteiger partial charge < -0.3 is 13.7 Å². The molecule has 112 valence electrons. The zero-order chi connectivity index (χ0) is 15.0. The van der Waals surface area contributed by atoms with Gasteiger partial charge in [-0.15, -0.1) is 0 Å².